The lowest BCUT2D eigenvalue weighted by Crippen LogP contribution is -2.59. The topological polar surface area (TPSA) is 133 Å². The van der Waals surface area contributed by atoms with Crippen LogP contribution in [0.15, 0.2) is 18.2 Å². The Morgan fingerprint density at radius 3 is 2.67 bits per heavy atom. The Morgan fingerprint density at radius 2 is 2.07 bits per heavy atom. The number of amides is 3. The van der Waals surface area contributed by atoms with Gasteiger partial charge in [0.1, 0.15) is 11.9 Å². The van der Waals surface area contributed by atoms with Gasteiger partial charge in [0.05, 0.1) is 11.7 Å². The van der Waals surface area contributed by atoms with E-state index in [0.717, 1.165) is 11.4 Å². The van der Waals surface area contributed by atoms with Crippen molar-refractivity contribution in [1.82, 2.24) is 25.5 Å². The second kappa shape index (κ2) is 8.66. The number of piperazine rings is 1. The number of hydrogen-bond acceptors (Lipinski definition) is 5. The van der Waals surface area contributed by atoms with E-state index in [4.69, 9.17) is 5.73 Å². The number of aromatic amines is 1. The summed E-state index contributed by atoms with van der Waals surface area (Å²) in [6.45, 7) is 8.31. The van der Waals surface area contributed by atoms with Crippen molar-refractivity contribution >= 4 is 17.7 Å². The van der Waals surface area contributed by atoms with Crippen LogP contribution in [-0.4, -0.2) is 58.3 Å². The summed E-state index contributed by atoms with van der Waals surface area (Å²) in [4.78, 5) is 46.7. The van der Waals surface area contributed by atoms with Crippen LogP contribution < -0.4 is 16.4 Å². The molecule has 3 rings (SSSR count). The van der Waals surface area contributed by atoms with Crippen molar-refractivity contribution in [3.05, 3.63) is 52.1 Å². The smallest absolute Gasteiger partial charge is 0.254 e. The number of hydrogen-bond donors (Lipinski definition) is 4. The van der Waals surface area contributed by atoms with E-state index in [1.54, 1.807) is 25.1 Å². The zero-order valence-electron chi connectivity index (χ0n) is 17.7. The molecule has 160 valence electrons. The lowest BCUT2D eigenvalue weighted by molar-refractivity contribution is -0.127. The molecular formula is C21H28N6O3. The number of imidazole rings is 1. The Labute approximate surface area is 175 Å². The number of carbonyl (C=O) groups is 3. The minimum Gasteiger partial charge on any atom is -0.352 e. The molecule has 1 fully saturated rings. The zero-order valence-corrected chi connectivity index (χ0v) is 17.7. The van der Waals surface area contributed by atoms with Crippen LogP contribution in [-0.2, 0) is 4.79 Å². The first-order valence-electron chi connectivity index (χ1n) is 9.96. The Bertz CT molecular complexity index is 964. The maximum Gasteiger partial charge on any atom is 0.254 e. The quantitative estimate of drug-likeness (QED) is 0.574. The number of aryl methyl sites for hydroxylation is 3. The van der Waals surface area contributed by atoms with Gasteiger partial charge in [-0.3, -0.25) is 14.4 Å². The van der Waals surface area contributed by atoms with Gasteiger partial charge in [0, 0.05) is 36.5 Å². The van der Waals surface area contributed by atoms with Crippen molar-refractivity contribution in [3.8, 4) is 0 Å². The molecule has 1 saturated heterocycles. The highest BCUT2D eigenvalue weighted by molar-refractivity contribution is 6.01. The fourth-order valence-corrected chi connectivity index (χ4v) is 3.52. The van der Waals surface area contributed by atoms with Gasteiger partial charge in [0.15, 0.2) is 0 Å². The first-order valence-corrected chi connectivity index (χ1v) is 9.96. The second-order valence-corrected chi connectivity index (χ2v) is 7.60. The van der Waals surface area contributed by atoms with E-state index >= 15 is 0 Å². The van der Waals surface area contributed by atoms with Gasteiger partial charge in [-0.2, -0.15) is 0 Å². The molecule has 2 unspecified atom stereocenters. The van der Waals surface area contributed by atoms with Gasteiger partial charge in [-0.25, -0.2) is 4.98 Å². The number of nitrogens with one attached hydrogen (secondary N) is 3. The summed E-state index contributed by atoms with van der Waals surface area (Å²) >= 11 is 0. The SMILES string of the molecule is Cc1cc(C(=O)NC(C)c2nc(C)c(C)[nH]2)ccc1C(=O)N1CCNC(=O)C1CN. The molecule has 0 radical (unpaired) electrons. The van der Waals surface area contributed by atoms with Gasteiger partial charge in [0.25, 0.3) is 11.8 Å². The molecule has 30 heavy (non-hydrogen) atoms. The molecule has 0 bridgehead atoms. The first kappa shape index (κ1) is 21.5. The third kappa shape index (κ3) is 4.20. The van der Waals surface area contributed by atoms with Crippen LogP contribution in [0.25, 0.3) is 0 Å². The van der Waals surface area contributed by atoms with Crippen molar-refractivity contribution in [2.45, 2.75) is 39.8 Å². The number of aromatic nitrogens is 2. The van der Waals surface area contributed by atoms with Crippen molar-refractivity contribution in [2.24, 2.45) is 5.73 Å². The molecule has 5 N–H and O–H groups in total. The normalized spacial score (nSPS) is 17.4. The molecule has 1 aliphatic rings. The summed E-state index contributed by atoms with van der Waals surface area (Å²) in [5, 5.41) is 5.64. The Morgan fingerprint density at radius 1 is 1.33 bits per heavy atom. The van der Waals surface area contributed by atoms with Crippen LogP contribution >= 0.6 is 0 Å². The van der Waals surface area contributed by atoms with E-state index in [9.17, 15) is 14.4 Å². The van der Waals surface area contributed by atoms with Gasteiger partial charge < -0.3 is 26.3 Å². The molecular weight excluding hydrogens is 384 g/mol. The maximum atomic E-state index is 13.0. The van der Waals surface area contributed by atoms with Crippen LogP contribution in [0, 0.1) is 20.8 Å². The van der Waals surface area contributed by atoms with E-state index in [2.05, 4.69) is 20.6 Å². The summed E-state index contributed by atoms with van der Waals surface area (Å²) in [6, 6.07) is 3.94. The van der Waals surface area contributed by atoms with Crippen molar-refractivity contribution < 1.29 is 14.4 Å². The zero-order chi connectivity index (χ0) is 22.0. The predicted octanol–water partition coefficient (Wildman–Crippen LogP) is 0.725. The molecule has 2 heterocycles. The van der Waals surface area contributed by atoms with Crippen molar-refractivity contribution in [1.29, 1.82) is 0 Å². The van der Waals surface area contributed by atoms with Crippen LogP contribution in [0.5, 0.6) is 0 Å². The lowest BCUT2D eigenvalue weighted by Gasteiger charge is -2.34. The number of benzene rings is 1. The third-order valence-corrected chi connectivity index (χ3v) is 5.44. The van der Waals surface area contributed by atoms with E-state index in [-0.39, 0.29) is 30.3 Å². The third-order valence-electron chi connectivity index (χ3n) is 5.44. The Hall–Kier alpha value is -3.20. The average molecular weight is 412 g/mol. The molecule has 0 saturated carbocycles. The van der Waals surface area contributed by atoms with Gasteiger partial charge in [-0.15, -0.1) is 0 Å². The van der Waals surface area contributed by atoms with Crippen LogP contribution in [0.3, 0.4) is 0 Å². The number of nitrogens with two attached hydrogens (primary N) is 1. The molecule has 1 aromatic heterocycles. The molecule has 1 aromatic carbocycles. The van der Waals surface area contributed by atoms with Crippen molar-refractivity contribution in [3.63, 3.8) is 0 Å². The molecule has 0 spiro atoms. The van der Waals surface area contributed by atoms with Gasteiger partial charge in [-0.05, 0) is 51.5 Å². The summed E-state index contributed by atoms with van der Waals surface area (Å²) in [5.74, 6) is -0.0747. The molecule has 9 nitrogen and oxygen atoms in total. The minimum absolute atomic E-state index is 0.0563. The standard InChI is InChI=1S/C21H28N6O3/c1-11-9-15(19(28)26-14(4)18-24-12(2)13(3)25-18)5-6-16(11)21(30)27-8-7-23-20(29)17(27)10-22/h5-6,9,14,17H,7-8,10,22H2,1-4H3,(H,23,29)(H,24,25)(H,26,28). The second-order valence-electron chi connectivity index (χ2n) is 7.60. The number of carbonyl (C=O) groups excluding carboxylic acids is 3. The summed E-state index contributed by atoms with van der Waals surface area (Å²) in [6.07, 6.45) is 0. The van der Waals surface area contributed by atoms with Gasteiger partial charge >= 0.3 is 0 Å². The highest BCUT2D eigenvalue weighted by Gasteiger charge is 2.33. The molecule has 3 amide bonds. The monoisotopic (exact) mass is 412 g/mol. The maximum absolute atomic E-state index is 13.0. The molecule has 1 aliphatic heterocycles. The summed E-state index contributed by atoms with van der Waals surface area (Å²) in [7, 11) is 0. The number of H-pyrrole nitrogens is 1. The summed E-state index contributed by atoms with van der Waals surface area (Å²) in [5.41, 5.74) is 9.11. The van der Waals surface area contributed by atoms with E-state index in [1.807, 2.05) is 20.8 Å². The van der Waals surface area contributed by atoms with Crippen LogP contribution in [0.4, 0.5) is 0 Å². The van der Waals surface area contributed by atoms with Gasteiger partial charge in [-0.1, -0.05) is 0 Å². The Kier molecular flexibility index (Phi) is 6.21. The molecule has 2 atom stereocenters. The highest BCUT2D eigenvalue weighted by Crippen LogP contribution is 2.18. The van der Waals surface area contributed by atoms with Gasteiger partial charge in [0.2, 0.25) is 5.91 Å². The van der Waals surface area contributed by atoms with E-state index < -0.39 is 6.04 Å². The first-order chi connectivity index (χ1) is 14.2. The highest BCUT2D eigenvalue weighted by atomic mass is 16.2. The average Bonchev–Trinajstić information content (AvgIpc) is 3.05. The van der Waals surface area contributed by atoms with E-state index in [0.29, 0.717) is 35.6 Å². The molecule has 2 aromatic rings. The van der Waals surface area contributed by atoms with E-state index in [1.165, 1.54) is 4.90 Å². The molecule has 9 heteroatoms. The molecule has 0 aliphatic carbocycles. The fourth-order valence-electron chi connectivity index (χ4n) is 3.52. The van der Waals surface area contributed by atoms with Crippen molar-refractivity contribution in [2.75, 3.05) is 19.6 Å². The minimum atomic E-state index is -0.685. The predicted molar refractivity (Wildman–Crippen MR) is 112 cm³/mol. The lowest BCUT2D eigenvalue weighted by atomic mass is 10.0. The summed E-state index contributed by atoms with van der Waals surface area (Å²) < 4.78 is 0. The van der Waals surface area contributed by atoms with Crippen LogP contribution in [0.1, 0.15) is 56.5 Å². The number of nitrogens with zero attached hydrogens (tertiary/aromatic N) is 2. The van der Waals surface area contributed by atoms with Crippen LogP contribution in [0.2, 0.25) is 0 Å². The largest absolute Gasteiger partial charge is 0.352 e. The number of rotatable bonds is 5. The fraction of sp³-hybridized carbons (Fsp3) is 0.429. The Balaban J connectivity index is 1.75.